The third kappa shape index (κ3) is 552000. The average molecular weight is 708 g/mol. The van der Waals surface area contributed by atoms with E-state index in [2.05, 4.69) is 0 Å². The maximum Gasteiger partial charge on any atom is 5.00 e. The van der Waals surface area contributed by atoms with Crippen LogP contribution in [0.3, 0.4) is 0 Å². The molecule has 0 atom stereocenters. The van der Waals surface area contributed by atoms with Crippen LogP contribution in [0.1, 0.15) is 0 Å². The fourth-order valence-electron chi connectivity index (χ4n) is 0. The maximum absolute atomic E-state index is 8.52. The summed E-state index contributed by atoms with van der Waals surface area (Å²) in [6.07, 6.45) is 0. The molecule has 0 aliphatic carbocycles. The minimum absolute atomic E-state index is 0. The summed E-state index contributed by atoms with van der Waals surface area (Å²) in [7, 11) is -25.8. The SMILES string of the molecule is O.O.O.O.O.O.O.O=S(=O)([O-])[O-].O=S(=O)([O-])[O-].O=S(=O)([O-])[O-].O=S(=O)([O-])[O-].O=S(=O)([O-])[O-].[V+5].[V+5]. The molecule has 34 heavy (non-hydrogen) atoms. The number of rotatable bonds is 0. The predicted molar refractivity (Wildman–Crippen MR) is 77.7 cm³/mol. The Labute approximate surface area is 214 Å². The van der Waals surface area contributed by atoms with Gasteiger partial charge in [0.1, 0.15) is 0 Å². The van der Waals surface area contributed by atoms with Crippen LogP contribution < -0.4 is 0 Å². The van der Waals surface area contributed by atoms with Gasteiger partial charge in [-0.15, -0.1) is 0 Å². The Kier molecular flexibility index (Phi) is 103. The van der Waals surface area contributed by atoms with E-state index in [4.69, 9.17) is 87.6 Å². The van der Waals surface area contributed by atoms with Crippen LogP contribution in [0, 0.1) is 0 Å². The zero-order valence-electron chi connectivity index (χ0n) is 14.6. The van der Waals surface area contributed by atoms with Crippen molar-refractivity contribution in [2.75, 3.05) is 0 Å². The molecule has 0 amide bonds. The molecular weight excluding hydrogens is 694 g/mol. The average Bonchev–Trinajstić information content (AvgIpc) is 1.79. The molecule has 27 nitrogen and oxygen atoms in total. The van der Waals surface area contributed by atoms with Crippen LogP contribution in [0.25, 0.3) is 0 Å². The molecule has 216 valence electrons. The largest absolute Gasteiger partial charge is 5.00 e. The maximum atomic E-state index is 8.52. The van der Waals surface area contributed by atoms with E-state index in [1.807, 2.05) is 0 Å². The van der Waals surface area contributed by atoms with E-state index < -0.39 is 52.0 Å². The third-order valence-electron chi connectivity index (χ3n) is 0. The molecule has 0 saturated carbocycles. The van der Waals surface area contributed by atoms with Gasteiger partial charge in [-0.1, -0.05) is 0 Å². The van der Waals surface area contributed by atoms with Crippen molar-refractivity contribution in [2.24, 2.45) is 0 Å². The van der Waals surface area contributed by atoms with Crippen molar-refractivity contribution in [3.8, 4) is 0 Å². The molecular formula is H14O27S5V2. The summed E-state index contributed by atoms with van der Waals surface area (Å²) >= 11 is 0. The van der Waals surface area contributed by atoms with Crippen LogP contribution in [0.2, 0.25) is 0 Å². The van der Waals surface area contributed by atoms with Crippen LogP contribution in [-0.4, -0.2) is 126 Å². The Morgan fingerprint density at radius 3 is 0.235 bits per heavy atom. The smallest absolute Gasteiger partial charge is 0.759 e. The monoisotopic (exact) mass is 708 g/mol. The van der Waals surface area contributed by atoms with Crippen molar-refractivity contribution in [1.29, 1.82) is 0 Å². The first kappa shape index (κ1) is 92.4. The fourth-order valence-corrected chi connectivity index (χ4v) is 0. The minimum Gasteiger partial charge on any atom is -0.759 e. The summed E-state index contributed by atoms with van der Waals surface area (Å²) in [6.45, 7) is 0. The molecule has 0 aliphatic heterocycles. The molecule has 0 radical (unpaired) electrons. The number of hydrogen-bond acceptors (Lipinski definition) is 20. The molecule has 0 rings (SSSR count). The van der Waals surface area contributed by atoms with Gasteiger partial charge in [-0.3, -0.25) is 42.1 Å². The van der Waals surface area contributed by atoms with Crippen LogP contribution in [0.4, 0.5) is 0 Å². The first-order valence-corrected chi connectivity index (χ1v) is 10.0. The van der Waals surface area contributed by atoms with Crippen molar-refractivity contribution in [2.45, 2.75) is 0 Å². The number of hydrogen-bond donors (Lipinski definition) is 0. The summed E-state index contributed by atoms with van der Waals surface area (Å²) < 4.78 is 170. The van der Waals surface area contributed by atoms with E-state index in [-0.39, 0.29) is 75.4 Å². The van der Waals surface area contributed by atoms with Crippen LogP contribution >= 0.6 is 0 Å². The molecule has 0 aliphatic rings. The van der Waals surface area contributed by atoms with Gasteiger partial charge in [-0.05, 0) is 0 Å². The Morgan fingerprint density at radius 1 is 0.235 bits per heavy atom. The predicted octanol–water partition coefficient (Wildman–Crippen LogP) is -12.5. The standard InChI is InChI=1S/5H2O4S.7H2O.2V/c5*1-5(2,3)4;;;;;;;;;/h5*(H2,1,2,3,4);7*1H2;;/q;;;;;;;;;;;;2*+5/p-10. The van der Waals surface area contributed by atoms with Crippen molar-refractivity contribution in [3.05, 3.63) is 0 Å². The second kappa shape index (κ2) is 37.8. The molecule has 0 spiro atoms. The summed E-state index contributed by atoms with van der Waals surface area (Å²) in [5.41, 5.74) is 0. The summed E-state index contributed by atoms with van der Waals surface area (Å²) in [5.74, 6) is 0. The topological polar surface area (TPSA) is 622 Å². The Balaban J connectivity index is -0.0000000115. The molecule has 0 bridgehead atoms. The van der Waals surface area contributed by atoms with Gasteiger partial charge in [0.05, 0.1) is 0 Å². The van der Waals surface area contributed by atoms with Gasteiger partial charge >= 0.3 is 37.1 Å². The van der Waals surface area contributed by atoms with Crippen molar-refractivity contribution in [3.63, 3.8) is 0 Å². The van der Waals surface area contributed by atoms with Gasteiger partial charge in [-0.2, -0.15) is 0 Å². The van der Waals surface area contributed by atoms with Gasteiger partial charge in [0.15, 0.2) is 0 Å². The zero-order chi connectivity index (χ0) is 22.5. The van der Waals surface area contributed by atoms with Crippen molar-refractivity contribution in [1.82, 2.24) is 0 Å². The van der Waals surface area contributed by atoms with E-state index >= 15 is 0 Å². The Bertz CT molecular complexity index is 621. The Morgan fingerprint density at radius 2 is 0.235 bits per heavy atom. The summed E-state index contributed by atoms with van der Waals surface area (Å²) in [6, 6.07) is 0. The zero-order valence-corrected chi connectivity index (χ0v) is 21.5. The molecule has 0 heterocycles. The van der Waals surface area contributed by atoms with E-state index in [9.17, 15) is 0 Å². The molecule has 0 saturated heterocycles. The first-order chi connectivity index (χ1) is 10.0. The third-order valence-corrected chi connectivity index (χ3v) is 0. The van der Waals surface area contributed by atoms with Crippen LogP contribution in [0.15, 0.2) is 0 Å². The van der Waals surface area contributed by atoms with Crippen molar-refractivity contribution >= 4 is 52.0 Å². The van der Waals surface area contributed by atoms with Crippen molar-refractivity contribution < 1.29 is 163 Å². The van der Waals surface area contributed by atoms with Crippen LogP contribution in [-0.2, 0) is 89.1 Å². The van der Waals surface area contributed by atoms with E-state index in [1.165, 1.54) is 0 Å². The van der Waals surface area contributed by atoms with Gasteiger partial charge < -0.3 is 83.9 Å². The quantitative estimate of drug-likeness (QED) is 0.166. The molecule has 0 aromatic rings. The first-order valence-electron chi connectivity index (χ1n) is 3.33. The van der Waals surface area contributed by atoms with Gasteiger partial charge in [0.25, 0.3) is 0 Å². The second-order valence-corrected chi connectivity index (χ2v) is 6.12. The van der Waals surface area contributed by atoms with E-state index in [0.717, 1.165) is 0 Å². The van der Waals surface area contributed by atoms with Gasteiger partial charge in [-0.25, -0.2) is 0 Å². The fraction of sp³-hybridized carbons (Fsp3) is 0. The minimum atomic E-state index is -5.17. The molecule has 0 aromatic carbocycles. The molecule has 34 heteroatoms. The summed E-state index contributed by atoms with van der Waals surface area (Å²) in [5, 5.41) is 0. The normalized spacial score (nSPS) is 8.53. The van der Waals surface area contributed by atoms with E-state index in [1.54, 1.807) is 0 Å². The molecule has 0 unspecified atom stereocenters. The second-order valence-electron chi connectivity index (χ2n) is 2.04. The Hall–Kier alpha value is 0.239. The molecule has 0 fully saturated rings. The molecule has 0 aromatic heterocycles. The van der Waals surface area contributed by atoms with Gasteiger partial charge in [0.2, 0.25) is 0 Å². The van der Waals surface area contributed by atoms with E-state index in [0.29, 0.717) is 0 Å². The van der Waals surface area contributed by atoms with Gasteiger partial charge in [0, 0.05) is 52.0 Å². The molecule has 14 N–H and O–H groups in total. The van der Waals surface area contributed by atoms with Crippen LogP contribution in [0.5, 0.6) is 0 Å². The summed E-state index contributed by atoms with van der Waals surface area (Å²) in [4.78, 5) is 0.